The van der Waals surface area contributed by atoms with Crippen LogP contribution in [0.5, 0.6) is 0 Å². The molecule has 0 saturated heterocycles. The average Bonchev–Trinajstić information content (AvgIpc) is 3.19. The van der Waals surface area contributed by atoms with Gasteiger partial charge in [-0.2, -0.15) is 0 Å². The molecule has 23 heavy (non-hydrogen) atoms. The van der Waals surface area contributed by atoms with E-state index in [1.807, 2.05) is 13.8 Å². The van der Waals surface area contributed by atoms with Gasteiger partial charge in [-0.25, -0.2) is 0 Å². The summed E-state index contributed by atoms with van der Waals surface area (Å²) in [7, 11) is 0. The van der Waals surface area contributed by atoms with Crippen LogP contribution < -0.4 is 16.2 Å². The van der Waals surface area contributed by atoms with E-state index >= 15 is 0 Å². The molecule has 2 rings (SSSR count). The lowest BCUT2D eigenvalue weighted by molar-refractivity contribution is -0.139. The van der Waals surface area contributed by atoms with E-state index in [-0.39, 0.29) is 6.54 Å². The molecule has 2 aromatic heterocycles. The fraction of sp³-hybridized carbons (Fsp3) is 0.267. The molecule has 3 amide bonds. The van der Waals surface area contributed by atoms with E-state index in [1.165, 1.54) is 17.6 Å². The zero-order valence-electron chi connectivity index (χ0n) is 12.8. The minimum atomic E-state index is -0.950. The Morgan fingerprint density at radius 3 is 2.61 bits per heavy atom. The normalized spacial score (nSPS) is 10.2. The predicted molar refractivity (Wildman–Crippen MR) is 84.6 cm³/mol. The largest absolute Gasteiger partial charge is 0.467 e. The second-order valence-corrected chi connectivity index (χ2v) is 5.97. The highest BCUT2D eigenvalue weighted by molar-refractivity contribution is 7.14. The van der Waals surface area contributed by atoms with Crippen LogP contribution in [0.4, 0.5) is 0 Å². The van der Waals surface area contributed by atoms with Crippen LogP contribution in [-0.2, 0) is 22.6 Å². The third kappa shape index (κ3) is 4.43. The van der Waals surface area contributed by atoms with Crippen molar-refractivity contribution in [2.75, 3.05) is 0 Å². The van der Waals surface area contributed by atoms with Crippen LogP contribution in [0.25, 0.3) is 0 Å². The zero-order chi connectivity index (χ0) is 16.8. The molecule has 122 valence electrons. The average molecular weight is 335 g/mol. The van der Waals surface area contributed by atoms with Crippen molar-refractivity contribution in [1.29, 1.82) is 0 Å². The first-order chi connectivity index (χ1) is 11.0. The van der Waals surface area contributed by atoms with Gasteiger partial charge in [0.1, 0.15) is 5.76 Å². The maximum absolute atomic E-state index is 11.9. The molecule has 0 bridgehead atoms. The molecule has 0 saturated carbocycles. The number of carbonyl (C=O) groups excluding carboxylic acids is 3. The number of hydrogen-bond donors (Lipinski definition) is 3. The number of carbonyl (C=O) groups is 3. The number of hydrazine groups is 1. The standard InChI is InChI=1S/C15H17N3O4S/c1-3-10-7-12(23-9(10)2)13(19)17-18-15(21)14(20)16-8-11-5-4-6-22-11/h4-7H,3,8H2,1-2H3,(H,16,20)(H,17,19)(H,18,21). The van der Waals surface area contributed by atoms with Crippen molar-refractivity contribution in [3.63, 3.8) is 0 Å². The molecule has 0 aliphatic heterocycles. The molecule has 0 aliphatic rings. The van der Waals surface area contributed by atoms with Gasteiger partial charge in [-0.15, -0.1) is 11.3 Å². The highest BCUT2D eigenvalue weighted by atomic mass is 32.1. The topological polar surface area (TPSA) is 100 Å². The summed E-state index contributed by atoms with van der Waals surface area (Å²) in [5.74, 6) is -1.74. The van der Waals surface area contributed by atoms with E-state index in [1.54, 1.807) is 18.2 Å². The van der Waals surface area contributed by atoms with Crippen LogP contribution >= 0.6 is 11.3 Å². The van der Waals surface area contributed by atoms with Crippen LogP contribution in [0, 0.1) is 6.92 Å². The lowest BCUT2D eigenvalue weighted by Crippen LogP contribution is -2.48. The number of hydrogen-bond acceptors (Lipinski definition) is 5. The van der Waals surface area contributed by atoms with Gasteiger partial charge in [0.2, 0.25) is 0 Å². The fourth-order valence-corrected chi connectivity index (χ4v) is 2.88. The van der Waals surface area contributed by atoms with Crippen molar-refractivity contribution < 1.29 is 18.8 Å². The predicted octanol–water partition coefficient (Wildman–Crippen LogP) is 1.29. The molecule has 2 aromatic rings. The maximum Gasteiger partial charge on any atom is 0.327 e. The van der Waals surface area contributed by atoms with E-state index in [0.29, 0.717) is 10.6 Å². The summed E-state index contributed by atoms with van der Waals surface area (Å²) in [5, 5.41) is 2.38. The molecule has 0 unspecified atom stereocenters. The molecule has 8 heteroatoms. The van der Waals surface area contributed by atoms with E-state index in [9.17, 15) is 14.4 Å². The number of nitrogens with one attached hydrogen (secondary N) is 3. The molecule has 7 nitrogen and oxygen atoms in total. The van der Waals surface area contributed by atoms with Crippen LogP contribution in [0.3, 0.4) is 0 Å². The second-order valence-electron chi connectivity index (χ2n) is 4.72. The molecule has 0 aromatic carbocycles. The Morgan fingerprint density at radius 2 is 2.00 bits per heavy atom. The lowest BCUT2D eigenvalue weighted by Gasteiger charge is -2.06. The molecular weight excluding hydrogens is 318 g/mol. The third-order valence-corrected chi connectivity index (χ3v) is 4.22. The summed E-state index contributed by atoms with van der Waals surface area (Å²) in [6.45, 7) is 4.03. The first kappa shape index (κ1) is 16.8. The van der Waals surface area contributed by atoms with Crippen molar-refractivity contribution in [3.8, 4) is 0 Å². The highest BCUT2D eigenvalue weighted by Crippen LogP contribution is 2.21. The minimum Gasteiger partial charge on any atom is -0.467 e. The van der Waals surface area contributed by atoms with Gasteiger partial charge in [-0.05, 0) is 37.1 Å². The van der Waals surface area contributed by atoms with Gasteiger partial charge in [-0.3, -0.25) is 25.2 Å². The Balaban J connectivity index is 1.80. The van der Waals surface area contributed by atoms with E-state index < -0.39 is 17.7 Å². The van der Waals surface area contributed by atoms with Crippen molar-refractivity contribution in [2.45, 2.75) is 26.8 Å². The van der Waals surface area contributed by atoms with Crippen molar-refractivity contribution in [1.82, 2.24) is 16.2 Å². The van der Waals surface area contributed by atoms with E-state index in [2.05, 4.69) is 16.2 Å². The minimum absolute atomic E-state index is 0.0944. The smallest absolute Gasteiger partial charge is 0.327 e. The molecular formula is C15H17N3O4S. The SMILES string of the molecule is CCc1cc(C(=O)NNC(=O)C(=O)NCc2ccco2)sc1C. The summed E-state index contributed by atoms with van der Waals surface area (Å²) in [6.07, 6.45) is 2.30. The lowest BCUT2D eigenvalue weighted by atomic mass is 10.2. The zero-order valence-corrected chi connectivity index (χ0v) is 13.6. The molecule has 2 heterocycles. The summed E-state index contributed by atoms with van der Waals surface area (Å²) in [5.41, 5.74) is 5.39. The number of aryl methyl sites for hydroxylation is 2. The second kappa shape index (κ2) is 7.59. The van der Waals surface area contributed by atoms with Crippen molar-refractivity contribution in [2.24, 2.45) is 0 Å². The monoisotopic (exact) mass is 335 g/mol. The maximum atomic E-state index is 11.9. The first-order valence-corrected chi connectivity index (χ1v) is 7.83. The Kier molecular flexibility index (Phi) is 5.53. The van der Waals surface area contributed by atoms with E-state index in [4.69, 9.17) is 4.42 Å². The fourth-order valence-electron chi connectivity index (χ4n) is 1.88. The number of thiophene rings is 1. The molecule has 3 N–H and O–H groups in total. The Hall–Kier alpha value is -2.61. The van der Waals surface area contributed by atoms with Gasteiger partial charge < -0.3 is 9.73 Å². The molecule has 0 aliphatic carbocycles. The van der Waals surface area contributed by atoms with E-state index in [0.717, 1.165) is 16.9 Å². The summed E-state index contributed by atoms with van der Waals surface area (Å²) in [4.78, 5) is 36.7. The quantitative estimate of drug-likeness (QED) is 0.579. The Bertz CT molecular complexity index is 706. The van der Waals surface area contributed by atoms with Gasteiger partial charge in [-0.1, -0.05) is 6.92 Å². The van der Waals surface area contributed by atoms with Crippen molar-refractivity contribution >= 4 is 29.1 Å². The van der Waals surface area contributed by atoms with Gasteiger partial charge in [0.25, 0.3) is 5.91 Å². The first-order valence-electron chi connectivity index (χ1n) is 7.01. The molecule has 0 spiro atoms. The van der Waals surface area contributed by atoms with Crippen LogP contribution in [0.1, 0.15) is 32.8 Å². The summed E-state index contributed by atoms with van der Waals surface area (Å²) in [6, 6.07) is 5.12. The van der Waals surface area contributed by atoms with Crippen LogP contribution in [-0.4, -0.2) is 17.7 Å². The number of furan rings is 1. The molecule has 0 radical (unpaired) electrons. The molecule has 0 atom stereocenters. The van der Waals surface area contributed by atoms with Gasteiger partial charge in [0.05, 0.1) is 17.7 Å². The van der Waals surface area contributed by atoms with Crippen molar-refractivity contribution in [3.05, 3.63) is 45.5 Å². The third-order valence-electron chi connectivity index (χ3n) is 3.12. The summed E-state index contributed by atoms with van der Waals surface area (Å²) >= 11 is 1.34. The highest BCUT2D eigenvalue weighted by Gasteiger charge is 2.16. The van der Waals surface area contributed by atoms with Gasteiger partial charge >= 0.3 is 11.8 Å². The number of rotatable bonds is 4. The molecule has 0 fully saturated rings. The Labute approximate surface area is 137 Å². The number of amides is 3. The Morgan fingerprint density at radius 1 is 1.22 bits per heavy atom. The van der Waals surface area contributed by atoms with Gasteiger partial charge in [0, 0.05) is 4.88 Å². The summed E-state index contributed by atoms with van der Waals surface area (Å²) < 4.78 is 5.03. The van der Waals surface area contributed by atoms with Gasteiger partial charge in [0.15, 0.2) is 0 Å². The van der Waals surface area contributed by atoms with Crippen LogP contribution in [0.15, 0.2) is 28.9 Å². The van der Waals surface area contributed by atoms with Crippen LogP contribution in [0.2, 0.25) is 0 Å².